The van der Waals surface area contributed by atoms with Gasteiger partial charge in [0.15, 0.2) is 5.96 Å². The van der Waals surface area contributed by atoms with E-state index in [1.54, 1.807) is 0 Å². The molecular formula is C15H30IN3O2. The Kier molecular flexibility index (Phi) is 10.8. The number of carbonyl (C=O) groups excluding carboxylic acids is 1. The van der Waals surface area contributed by atoms with Crippen molar-refractivity contribution in [2.75, 3.05) is 20.2 Å². The number of nitrogens with one attached hydrogen (secondary N) is 2. The highest BCUT2D eigenvalue weighted by Gasteiger charge is 2.19. The summed E-state index contributed by atoms with van der Waals surface area (Å²) in [6.45, 7) is 7.46. The van der Waals surface area contributed by atoms with Crippen molar-refractivity contribution < 1.29 is 9.53 Å². The predicted molar refractivity (Wildman–Crippen MR) is 97.1 cm³/mol. The molecule has 1 aliphatic rings. The SMILES string of the molecule is CCNC(=NCC(C)C(=O)OC)NC1CCC(C)CC1.I. The van der Waals surface area contributed by atoms with Gasteiger partial charge in [-0.05, 0) is 38.5 Å². The maximum atomic E-state index is 11.4. The van der Waals surface area contributed by atoms with Crippen LogP contribution in [0, 0.1) is 11.8 Å². The molecule has 2 N–H and O–H groups in total. The molecular weight excluding hydrogens is 381 g/mol. The van der Waals surface area contributed by atoms with Gasteiger partial charge in [-0.15, -0.1) is 24.0 Å². The number of rotatable bonds is 5. The van der Waals surface area contributed by atoms with E-state index >= 15 is 0 Å². The number of halogens is 1. The van der Waals surface area contributed by atoms with Crippen LogP contribution in [0.5, 0.6) is 0 Å². The minimum Gasteiger partial charge on any atom is -0.469 e. The Hall–Kier alpha value is -0.530. The summed E-state index contributed by atoms with van der Waals surface area (Å²) in [6.07, 6.45) is 4.93. The molecule has 21 heavy (non-hydrogen) atoms. The van der Waals surface area contributed by atoms with Crippen molar-refractivity contribution in [3.63, 3.8) is 0 Å². The van der Waals surface area contributed by atoms with Crippen LogP contribution in [-0.4, -0.2) is 38.2 Å². The second-order valence-electron chi connectivity index (χ2n) is 5.74. The second-order valence-corrected chi connectivity index (χ2v) is 5.74. The maximum Gasteiger partial charge on any atom is 0.310 e. The third-order valence-electron chi connectivity index (χ3n) is 3.83. The van der Waals surface area contributed by atoms with Gasteiger partial charge in [0.05, 0.1) is 19.6 Å². The lowest BCUT2D eigenvalue weighted by Crippen LogP contribution is -2.45. The number of guanidine groups is 1. The van der Waals surface area contributed by atoms with Gasteiger partial charge < -0.3 is 15.4 Å². The molecule has 124 valence electrons. The first-order valence-electron chi connectivity index (χ1n) is 7.69. The lowest BCUT2D eigenvalue weighted by molar-refractivity contribution is -0.144. The van der Waals surface area contributed by atoms with Crippen molar-refractivity contribution in [2.45, 2.75) is 52.5 Å². The van der Waals surface area contributed by atoms with Crippen LogP contribution in [0.2, 0.25) is 0 Å². The Balaban J connectivity index is 0.00000400. The fourth-order valence-electron chi connectivity index (χ4n) is 2.42. The average molecular weight is 411 g/mol. The monoisotopic (exact) mass is 411 g/mol. The summed E-state index contributed by atoms with van der Waals surface area (Å²) in [6, 6.07) is 0.498. The van der Waals surface area contributed by atoms with E-state index in [1.807, 2.05) is 13.8 Å². The molecule has 0 saturated heterocycles. The van der Waals surface area contributed by atoms with Gasteiger partial charge in [-0.25, -0.2) is 0 Å². The van der Waals surface area contributed by atoms with Crippen molar-refractivity contribution in [1.82, 2.24) is 10.6 Å². The summed E-state index contributed by atoms with van der Waals surface area (Å²) in [4.78, 5) is 15.9. The number of ether oxygens (including phenoxy) is 1. The topological polar surface area (TPSA) is 62.7 Å². The highest BCUT2D eigenvalue weighted by atomic mass is 127. The molecule has 0 aliphatic heterocycles. The van der Waals surface area contributed by atoms with Crippen LogP contribution in [0.25, 0.3) is 0 Å². The number of carbonyl (C=O) groups is 1. The van der Waals surface area contributed by atoms with Crippen LogP contribution >= 0.6 is 24.0 Å². The van der Waals surface area contributed by atoms with Gasteiger partial charge in [-0.2, -0.15) is 0 Å². The summed E-state index contributed by atoms with van der Waals surface area (Å²) in [5, 5.41) is 6.72. The van der Waals surface area contributed by atoms with Crippen molar-refractivity contribution in [3.8, 4) is 0 Å². The van der Waals surface area contributed by atoms with E-state index in [9.17, 15) is 4.79 Å². The number of aliphatic imine (C=N–C) groups is 1. The van der Waals surface area contributed by atoms with Crippen LogP contribution in [0.15, 0.2) is 4.99 Å². The van der Waals surface area contributed by atoms with Crippen LogP contribution < -0.4 is 10.6 Å². The van der Waals surface area contributed by atoms with Crippen LogP contribution in [0.3, 0.4) is 0 Å². The lowest BCUT2D eigenvalue weighted by atomic mass is 9.87. The third-order valence-corrected chi connectivity index (χ3v) is 3.83. The van der Waals surface area contributed by atoms with Crippen molar-refractivity contribution in [1.29, 1.82) is 0 Å². The lowest BCUT2D eigenvalue weighted by Gasteiger charge is -2.28. The standard InChI is InChI=1S/C15H29N3O2.HI/c1-5-16-15(17-10-12(3)14(19)20-4)18-13-8-6-11(2)7-9-13;/h11-13H,5-10H2,1-4H3,(H2,16,17,18);1H. The number of hydrogen-bond donors (Lipinski definition) is 2. The molecule has 0 spiro atoms. The van der Waals surface area contributed by atoms with E-state index in [1.165, 1.54) is 32.8 Å². The van der Waals surface area contributed by atoms with E-state index in [0.717, 1.165) is 18.4 Å². The Morgan fingerprint density at radius 1 is 1.33 bits per heavy atom. The van der Waals surface area contributed by atoms with E-state index in [0.29, 0.717) is 12.6 Å². The van der Waals surface area contributed by atoms with Gasteiger partial charge in [-0.3, -0.25) is 9.79 Å². The molecule has 0 heterocycles. The molecule has 6 heteroatoms. The number of hydrogen-bond acceptors (Lipinski definition) is 3. The minimum atomic E-state index is -0.212. The van der Waals surface area contributed by atoms with Crippen LogP contribution in [0.4, 0.5) is 0 Å². The summed E-state index contributed by atoms with van der Waals surface area (Å²) in [7, 11) is 1.41. The number of esters is 1. The largest absolute Gasteiger partial charge is 0.469 e. The molecule has 1 aliphatic carbocycles. The zero-order valence-electron chi connectivity index (χ0n) is 13.6. The summed E-state index contributed by atoms with van der Waals surface area (Å²) in [5.41, 5.74) is 0. The van der Waals surface area contributed by atoms with Crippen LogP contribution in [0.1, 0.15) is 46.5 Å². The predicted octanol–water partition coefficient (Wildman–Crippen LogP) is 2.55. The Morgan fingerprint density at radius 2 is 1.95 bits per heavy atom. The first-order valence-corrected chi connectivity index (χ1v) is 7.69. The van der Waals surface area contributed by atoms with E-state index in [-0.39, 0.29) is 35.9 Å². The highest BCUT2D eigenvalue weighted by molar-refractivity contribution is 14.0. The Morgan fingerprint density at radius 3 is 2.48 bits per heavy atom. The molecule has 0 aromatic carbocycles. The summed E-state index contributed by atoms with van der Waals surface area (Å²) in [5.74, 6) is 1.23. The number of methoxy groups -OCH3 is 1. The number of nitrogens with zero attached hydrogens (tertiary/aromatic N) is 1. The van der Waals surface area contributed by atoms with E-state index in [4.69, 9.17) is 4.74 Å². The average Bonchev–Trinajstić information content (AvgIpc) is 2.46. The molecule has 0 aromatic rings. The second kappa shape index (κ2) is 11.1. The molecule has 1 rings (SSSR count). The van der Waals surface area contributed by atoms with Crippen molar-refractivity contribution >= 4 is 35.9 Å². The zero-order valence-corrected chi connectivity index (χ0v) is 16.0. The molecule has 0 aromatic heterocycles. The first kappa shape index (κ1) is 20.5. The molecule has 1 atom stereocenters. The van der Waals surface area contributed by atoms with Gasteiger partial charge in [-0.1, -0.05) is 13.8 Å². The molecule has 5 nitrogen and oxygen atoms in total. The molecule has 1 saturated carbocycles. The maximum absolute atomic E-state index is 11.4. The van der Waals surface area contributed by atoms with E-state index < -0.39 is 0 Å². The molecule has 0 amide bonds. The summed E-state index contributed by atoms with van der Waals surface area (Å²) < 4.78 is 4.72. The Bertz CT molecular complexity index is 329. The molecule has 1 fully saturated rings. The van der Waals surface area contributed by atoms with Gasteiger partial charge in [0.25, 0.3) is 0 Å². The normalized spacial score (nSPS) is 23.7. The molecule has 0 bridgehead atoms. The van der Waals surface area contributed by atoms with Crippen LogP contribution in [-0.2, 0) is 9.53 Å². The van der Waals surface area contributed by atoms with Gasteiger partial charge in [0.1, 0.15) is 0 Å². The van der Waals surface area contributed by atoms with E-state index in [2.05, 4.69) is 22.5 Å². The third kappa shape index (κ3) is 7.87. The molecule has 0 radical (unpaired) electrons. The van der Waals surface area contributed by atoms with Crippen molar-refractivity contribution in [3.05, 3.63) is 0 Å². The highest BCUT2D eigenvalue weighted by Crippen LogP contribution is 2.23. The Labute approximate surface area is 145 Å². The first-order chi connectivity index (χ1) is 9.56. The van der Waals surface area contributed by atoms with Gasteiger partial charge >= 0.3 is 5.97 Å². The zero-order chi connectivity index (χ0) is 15.0. The fraction of sp³-hybridized carbons (Fsp3) is 0.867. The van der Waals surface area contributed by atoms with Gasteiger partial charge in [0, 0.05) is 12.6 Å². The minimum absolute atomic E-state index is 0. The summed E-state index contributed by atoms with van der Waals surface area (Å²) >= 11 is 0. The van der Waals surface area contributed by atoms with Gasteiger partial charge in [0.2, 0.25) is 0 Å². The smallest absolute Gasteiger partial charge is 0.310 e. The quantitative estimate of drug-likeness (QED) is 0.316. The molecule has 1 unspecified atom stereocenters. The van der Waals surface area contributed by atoms with Crippen molar-refractivity contribution in [2.24, 2.45) is 16.8 Å². The fourth-order valence-corrected chi connectivity index (χ4v) is 2.42.